The number of thioether (sulfide) groups is 1. The van der Waals surface area contributed by atoms with E-state index < -0.39 is 12.0 Å². The van der Waals surface area contributed by atoms with E-state index in [1.807, 2.05) is 18.2 Å². The molecule has 90 valence electrons. The first-order valence-corrected chi connectivity index (χ1v) is 6.27. The van der Waals surface area contributed by atoms with Crippen LogP contribution in [0, 0.1) is 0 Å². The van der Waals surface area contributed by atoms with Gasteiger partial charge in [0.15, 0.2) is 0 Å². The van der Waals surface area contributed by atoms with Gasteiger partial charge in [-0.1, -0.05) is 18.2 Å². The Bertz CT molecular complexity index is 424. The van der Waals surface area contributed by atoms with Crippen molar-refractivity contribution in [1.29, 1.82) is 0 Å². The van der Waals surface area contributed by atoms with Crippen LogP contribution in [0.4, 0.5) is 10.5 Å². The van der Waals surface area contributed by atoms with Crippen LogP contribution < -0.4 is 5.32 Å². The Kier molecular flexibility index (Phi) is 3.53. The monoisotopic (exact) mass is 252 g/mol. The first kappa shape index (κ1) is 11.8. The van der Waals surface area contributed by atoms with Gasteiger partial charge in [0.1, 0.15) is 6.04 Å². The summed E-state index contributed by atoms with van der Waals surface area (Å²) in [6.07, 6.45) is 0. The smallest absolute Gasteiger partial charge is 0.327 e. The second-order valence-electron chi connectivity index (χ2n) is 3.62. The average molecular weight is 252 g/mol. The normalized spacial score (nSPS) is 19.1. The molecule has 1 saturated heterocycles. The van der Waals surface area contributed by atoms with Crippen molar-refractivity contribution in [2.75, 3.05) is 16.9 Å². The summed E-state index contributed by atoms with van der Waals surface area (Å²) in [4.78, 5) is 24.1. The minimum atomic E-state index is -0.960. The highest BCUT2D eigenvalue weighted by Crippen LogP contribution is 2.22. The standard InChI is InChI=1S/C11H12N2O3S/c14-10(15)9-6-17-7-13(9)11(16)12-8-4-2-1-3-5-8/h1-5,9H,6-7H2,(H,12,16)(H,14,15). The predicted octanol–water partition coefficient (Wildman–Crippen LogP) is 1.68. The van der Waals surface area contributed by atoms with Gasteiger partial charge in [-0.3, -0.25) is 0 Å². The van der Waals surface area contributed by atoms with E-state index in [0.717, 1.165) is 0 Å². The third kappa shape index (κ3) is 2.71. The van der Waals surface area contributed by atoms with Gasteiger partial charge in [-0.25, -0.2) is 9.59 Å². The fourth-order valence-electron chi connectivity index (χ4n) is 1.56. The lowest BCUT2D eigenvalue weighted by atomic mass is 10.3. The number of rotatable bonds is 2. The van der Waals surface area contributed by atoms with Crippen LogP contribution in [0.5, 0.6) is 0 Å². The van der Waals surface area contributed by atoms with E-state index in [1.165, 1.54) is 16.7 Å². The summed E-state index contributed by atoms with van der Waals surface area (Å²) in [5, 5.41) is 11.6. The fraction of sp³-hybridized carbons (Fsp3) is 0.273. The number of carboxylic acid groups (broad SMARTS) is 1. The molecule has 2 rings (SSSR count). The van der Waals surface area contributed by atoms with E-state index >= 15 is 0 Å². The van der Waals surface area contributed by atoms with Crippen LogP contribution in [0.3, 0.4) is 0 Å². The van der Waals surface area contributed by atoms with Gasteiger partial charge >= 0.3 is 12.0 Å². The van der Waals surface area contributed by atoms with E-state index in [-0.39, 0.29) is 6.03 Å². The summed E-state index contributed by atoms with van der Waals surface area (Å²) in [5.74, 6) is -0.106. The highest BCUT2D eigenvalue weighted by atomic mass is 32.2. The van der Waals surface area contributed by atoms with Crippen LogP contribution in [0.25, 0.3) is 0 Å². The molecule has 0 aromatic heterocycles. The molecule has 1 fully saturated rings. The highest BCUT2D eigenvalue weighted by Gasteiger charge is 2.34. The topological polar surface area (TPSA) is 69.6 Å². The van der Waals surface area contributed by atoms with Crippen molar-refractivity contribution in [3.63, 3.8) is 0 Å². The average Bonchev–Trinajstić information content (AvgIpc) is 2.79. The van der Waals surface area contributed by atoms with Crippen molar-refractivity contribution in [3.8, 4) is 0 Å². The number of hydrogen-bond acceptors (Lipinski definition) is 3. The van der Waals surface area contributed by atoms with E-state index in [2.05, 4.69) is 5.32 Å². The summed E-state index contributed by atoms with van der Waals surface area (Å²) in [6, 6.07) is 7.89. The number of carboxylic acids is 1. The number of carbonyl (C=O) groups excluding carboxylic acids is 1. The number of nitrogens with zero attached hydrogens (tertiary/aromatic N) is 1. The summed E-state index contributed by atoms with van der Waals surface area (Å²) < 4.78 is 0. The van der Waals surface area contributed by atoms with Gasteiger partial charge in [-0.05, 0) is 12.1 Å². The zero-order valence-corrected chi connectivity index (χ0v) is 9.81. The van der Waals surface area contributed by atoms with Crippen LogP contribution in [0.1, 0.15) is 0 Å². The molecule has 0 bridgehead atoms. The lowest BCUT2D eigenvalue weighted by molar-refractivity contribution is -0.140. The third-order valence-electron chi connectivity index (χ3n) is 2.45. The van der Waals surface area contributed by atoms with Gasteiger partial charge in [0, 0.05) is 11.4 Å². The molecule has 0 saturated carbocycles. The van der Waals surface area contributed by atoms with Gasteiger partial charge in [0.05, 0.1) is 5.88 Å². The zero-order valence-electron chi connectivity index (χ0n) is 9.00. The minimum Gasteiger partial charge on any atom is -0.480 e. The van der Waals surface area contributed by atoms with Gasteiger partial charge in [0.2, 0.25) is 0 Å². The maximum absolute atomic E-state index is 11.9. The van der Waals surface area contributed by atoms with Crippen LogP contribution >= 0.6 is 11.8 Å². The number of anilines is 1. The van der Waals surface area contributed by atoms with Gasteiger partial charge < -0.3 is 15.3 Å². The Hall–Kier alpha value is -1.69. The van der Waals surface area contributed by atoms with E-state index in [4.69, 9.17) is 5.11 Å². The van der Waals surface area contributed by atoms with Gasteiger partial charge in [0.25, 0.3) is 0 Å². The molecule has 1 unspecified atom stereocenters. The molecule has 2 amide bonds. The molecule has 1 aromatic carbocycles. The molecule has 5 nitrogen and oxygen atoms in total. The highest BCUT2D eigenvalue weighted by molar-refractivity contribution is 7.99. The maximum atomic E-state index is 11.9. The lowest BCUT2D eigenvalue weighted by Crippen LogP contribution is -2.43. The molecule has 0 aliphatic carbocycles. The molecule has 1 aliphatic rings. The van der Waals surface area contributed by atoms with E-state index in [0.29, 0.717) is 17.3 Å². The number of carbonyl (C=O) groups is 2. The van der Waals surface area contributed by atoms with Crippen molar-refractivity contribution in [2.45, 2.75) is 6.04 Å². The molecule has 0 spiro atoms. The fourth-order valence-corrected chi connectivity index (χ4v) is 2.71. The second-order valence-corrected chi connectivity index (χ2v) is 4.62. The van der Waals surface area contributed by atoms with Gasteiger partial charge in [-0.15, -0.1) is 11.8 Å². The quantitative estimate of drug-likeness (QED) is 0.840. The van der Waals surface area contributed by atoms with E-state index in [9.17, 15) is 9.59 Å². The third-order valence-corrected chi connectivity index (χ3v) is 3.47. The first-order valence-electron chi connectivity index (χ1n) is 5.11. The van der Waals surface area contributed by atoms with Crippen molar-refractivity contribution >= 4 is 29.4 Å². The van der Waals surface area contributed by atoms with Crippen LogP contribution in [0.2, 0.25) is 0 Å². The lowest BCUT2D eigenvalue weighted by Gasteiger charge is -2.20. The van der Waals surface area contributed by atoms with Crippen LogP contribution in [0.15, 0.2) is 30.3 Å². The number of para-hydroxylation sites is 1. The minimum absolute atomic E-state index is 0.367. The number of urea groups is 1. The molecular formula is C11H12N2O3S. The SMILES string of the molecule is O=C(O)C1CSCN1C(=O)Nc1ccccc1. The molecule has 1 aliphatic heterocycles. The maximum Gasteiger partial charge on any atom is 0.327 e. The van der Waals surface area contributed by atoms with Crippen molar-refractivity contribution in [2.24, 2.45) is 0 Å². The molecule has 2 N–H and O–H groups in total. The Morgan fingerprint density at radius 3 is 2.71 bits per heavy atom. The first-order chi connectivity index (χ1) is 8.18. The summed E-state index contributed by atoms with van der Waals surface area (Å²) in [5.41, 5.74) is 0.665. The molecule has 1 aromatic rings. The number of nitrogens with one attached hydrogen (secondary N) is 1. The Morgan fingerprint density at radius 2 is 2.06 bits per heavy atom. The number of hydrogen-bond donors (Lipinski definition) is 2. The molecule has 1 atom stereocenters. The second kappa shape index (κ2) is 5.09. The molecule has 6 heteroatoms. The van der Waals surface area contributed by atoms with Gasteiger partial charge in [-0.2, -0.15) is 0 Å². The molecule has 0 radical (unpaired) electrons. The predicted molar refractivity (Wildman–Crippen MR) is 66.0 cm³/mol. The number of amides is 2. The summed E-state index contributed by atoms with van der Waals surface area (Å²) >= 11 is 1.44. The molecule has 17 heavy (non-hydrogen) atoms. The van der Waals surface area contributed by atoms with Crippen molar-refractivity contribution in [1.82, 2.24) is 4.90 Å². The zero-order chi connectivity index (χ0) is 12.3. The number of aliphatic carboxylic acids is 1. The summed E-state index contributed by atoms with van der Waals surface area (Å²) in [6.45, 7) is 0. The molecular weight excluding hydrogens is 240 g/mol. The van der Waals surface area contributed by atoms with E-state index in [1.54, 1.807) is 12.1 Å². The Labute approximate surface area is 103 Å². The van der Waals surface area contributed by atoms with Crippen LogP contribution in [-0.4, -0.2) is 39.7 Å². The summed E-state index contributed by atoms with van der Waals surface area (Å²) in [7, 11) is 0. The Balaban J connectivity index is 2.03. The van der Waals surface area contributed by atoms with Crippen molar-refractivity contribution < 1.29 is 14.7 Å². The van der Waals surface area contributed by atoms with Crippen molar-refractivity contribution in [3.05, 3.63) is 30.3 Å². The van der Waals surface area contributed by atoms with Crippen LogP contribution in [-0.2, 0) is 4.79 Å². The largest absolute Gasteiger partial charge is 0.480 e. The molecule has 1 heterocycles. The number of benzene rings is 1. The Morgan fingerprint density at radius 1 is 1.35 bits per heavy atom.